The van der Waals surface area contributed by atoms with Crippen LogP contribution in [0.15, 0.2) is 30.3 Å². The van der Waals surface area contributed by atoms with Crippen molar-refractivity contribution in [2.24, 2.45) is 5.92 Å². The van der Waals surface area contributed by atoms with Crippen molar-refractivity contribution in [1.82, 2.24) is 10.2 Å². The van der Waals surface area contributed by atoms with Crippen molar-refractivity contribution in [3.8, 4) is 6.07 Å². The third-order valence-corrected chi connectivity index (χ3v) is 4.09. The molecule has 0 aliphatic carbocycles. The number of nitrogens with one attached hydrogen (secondary N) is 1. The van der Waals surface area contributed by atoms with Gasteiger partial charge in [-0.05, 0) is 32.4 Å². The van der Waals surface area contributed by atoms with E-state index in [0.29, 0.717) is 6.54 Å². The number of rotatable bonds is 6. The van der Waals surface area contributed by atoms with Crippen LogP contribution in [0.25, 0.3) is 0 Å². The van der Waals surface area contributed by atoms with Crippen molar-refractivity contribution in [2.75, 3.05) is 7.05 Å². The van der Waals surface area contributed by atoms with Gasteiger partial charge in [-0.2, -0.15) is 5.26 Å². The molecule has 0 radical (unpaired) electrons. The number of nitriles is 1. The molecule has 4 heteroatoms. The van der Waals surface area contributed by atoms with Gasteiger partial charge in [-0.25, -0.2) is 0 Å². The third-order valence-electron chi connectivity index (χ3n) is 4.09. The van der Waals surface area contributed by atoms with Crippen molar-refractivity contribution >= 4 is 5.91 Å². The van der Waals surface area contributed by atoms with Gasteiger partial charge in [0.25, 0.3) is 0 Å². The molecule has 0 unspecified atom stereocenters. The second kappa shape index (κ2) is 7.24. The highest BCUT2D eigenvalue weighted by atomic mass is 16.2. The molecule has 0 aromatic heterocycles. The maximum absolute atomic E-state index is 12.3. The van der Waals surface area contributed by atoms with Crippen LogP contribution in [0.2, 0.25) is 0 Å². The Hall–Kier alpha value is -1.86. The molecular weight excluding hydrogens is 262 g/mol. The topological polar surface area (TPSA) is 56.1 Å². The quantitative estimate of drug-likeness (QED) is 0.875. The lowest BCUT2D eigenvalue weighted by atomic mass is 9.90. The zero-order chi connectivity index (χ0) is 16.0. The fourth-order valence-corrected chi connectivity index (χ4v) is 1.87. The van der Waals surface area contributed by atoms with Crippen LogP contribution in [0, 0.1) is 17.2 Å². The predicted molar refractivity (Wildman–Crippen MR) is 84.4 cm³/mol. The number of amides is 1. The van der Waals surface area contributed by atoms with Gasteiger partial charge >= 0.3 is 0 Å². The molecule has 0 aliphatic heterocycles. The smallest absolute Gasteiger partial charge is 0.238 e. The molecule has 1 amide bonds. The molecule has 1 aromatic carbocycles. The highest BCUT2D eigenvalue weighted by Gasteiger charge is 2.32. The molecule has 0 fully saturated rings. The normalized spacial score (nSPS) is 15.3. The van der Waals surface area contributed by atoms with Crippen LogP contribution >= 0.6 is 0 Å². The van der Waals surface area contributed by atoms with Crippen molar-refractivity contribution < 1.29 is 4.79 Å². The van der Waals surface area contributed by atoms with Gasteiger partial charge in [0.15, 0.2) is 0 Å². The summed E-state index contributed by atoms with van der Waals surface area (Å²) in [7, 11) is 1.91. The van der Waals surface area contributed by atoms with Crippen LogP contribution in [0.4, 0.5) is 0 Å². The van der Waals surface area contributed by atoms with E-state index in [4.69, 9.17) is 0 Å². The van der Waals surface area contributed by atoms with Crippen LogP contribution in [0.3, 0.4) is 0 Å². The average Bonchev–Trinajstić information content (AvgIpc) is 2.46. The molecule has 0 saturated carbocycles. The van der Waals surface area contributed by atoms with Crippen molar-refractivity contribution in [2.45, 2.75) is 45.8 Å². The predicted octanol–water partition coefficient (Wildman–Crippen LogP) is 2.56. The first-order chi connectivity index (χ1) is 9.80. The SMILES string of the molecule is CC(C)[C@@](C)(C#N)NC(=O)[C@H](C)N(C)Cc1ccccc1. The average molecular weight is 287 g/mol. The monoisotopic (exact) mass is 287 g/mol. The molecule has 1 rings (SSSR count). The van der Waals surface area contributed by atoms with Crippen LogP contribution in [0.5, 0.6) is 0 Å². The Morgan fingerprint density at radius 2 is 1.90 bits per heavy atom. The van der Waals surface area contributed by atoms with Crippen LogP contribution in [0.1, 0.15) is 33.3 Å². The van der Waals surface area contributed by atoms with E-state index < -0.39 is 5.54 Å². The van der Waals surface area contributed by atoms with Crippen molar-refractivity contribution in [3.63, 3.8) is 0 Å². The van der Waals surface area contributed by atoms with E-state index in [-0.39, 0.29) is 17.9 Å². The molecule has 0 spiro atoms. The summed E-state index contributed by atoms with van der Waals surface area (Å²) in [5.41, 5.74) is 0.324. The molecule has 4 nitrogen and oxygen atoms in total. The highest BCUT2D eigenvalue weighted by molar-refractivity contribution is 5.82. The first-order valence-corrected chi connectivity index (χ1v) is 7.27. The summed E-state index contributed by atoms with van der Waals surface area (Å²) in [5, 5.41) is 12.1. The van der Waals surface area contributed by atoms with Gasteiger partial charge in [0.2, 0.25) is 5.91 Å². The minimum absolute atomic E-state index is 0.0538. The number of hydrogen-bond acceptors (Lipinski definition) is 3. The van der Waals surface area contributed by atoms with Gasteiger partial charge in [0.05, 0.1) is 12.1 Å². The minimum atomic E-state index is -0.834. The first kappa shape index (κ1) is 17.2. The molecule has 21 heavy (non-hydrogen) atoms. The molecule has 0 aliphatic rings. The molecule has 2 atom stereocenters. The minimum Gasteiger partial charge on any atom is -0.336 e. The van der Waals surface area contributed by atoms with Crippen molar-refractivity contribution in [3.05, 3.63) is 35.9 Å². The van der Waals surface area contributed by atoms with Gasteiger partial charge in [0, 0.05) is 6.54 Å². The Kier molecular flexibility index (Phi) is 5.92. The zero-order valence-corrected chi connectivity index (χ0v) is 13.6. The molecule has 0 bridgehead atoms. The van der Waals surface area contributed by atoms with E-state index in [1.807, 2.05) is 63.1 Å². The molecule has 114 valence electrons. The summed E-state index contributed by atoms with van der Waals surface area (Å²) in [6.07, 6.45) is 0. The first-order valence-electron chi connectivity index (χ1n) is 7.27. The summed E-state index contributed by atoms with van der Waals surface area (Å²) >= 11 is 0. The number of benzene rings is 1. The second-order valence-electron chi connectivity index (χ2n) is 6.03. The molecular formula is C17H25N3O. The van der Waals surface area contributed by atoms with Gasteiger partial charge < -0.3 is 5.32 Å². The van der Waals surface area contributed by atoms with E-state index in [1.54, 1.807) is 6.92 Å². The largest absolute Gasteiger partial charge is 0.336 e. The number of carbonyl (C=O) groups is 1. The Balaban J connectivity index is 2.68. The molecule has 1 aromatic rings. The highest BCUT2D eigenvalue weighted by Crippen LogP contribution is 2.16. The summed E-state index contributed by atoms with van der Waals surface area (Å²) in [4.78, 5) is 14.3. The van der Waals surface area contributed by atoms with E-state index in [9.17, 15) is 10.1 Å². The van der Waals surface area contributed by atoms with Crippen LogP contribution in [-0.2, 0) is 11.3 Å². The summed E-state index contributed by atoms with van der Waals surface area (Å²) in [5.74, 6) is -0.0655. The maximum Gasteiger partial charge on any atom is 0.238 e. The van der Waals surface area contributed by atoms with E-state index in [1.165, 1.54) is 0 Å². The Morgan fingerprint density at radius 1 is 1.33 bits per heavy atom. The fourth-order valence-electron chi connectivity index (χ4n) is 1.87. The number of hydrogen-bond donors (Lipinski definition) is 1. The zero-order valence-electron chi connectivity index (χ0n) is 13.6. The molecule has 0 heterocycles. The summed E-state index contributed by atoms with van der Waals surface area (Å²) in [6, 6.07) is 11.9. The standard InChI is InChI=1S/C17H25N3O/c1-13(2)17(4,12-18)19-16(21)14(3)20(5)11-15-9-7-6-8-10-15/h6-10,13-14H,11H2,1-5H3,(H,19,21)/t14-,17+/m0/s1. The van der Waals surface area contributed by atoms with Gasteiger partial charge in [-0.3, -0.25) is 9.69 Å². The van der Waals surface area contributed by atoms with Gasteiger partial charge in [0.1, 0.15) is 5.54 Å². The van der Waals surface area contributed by atoms with Gasteiger partial charge in [-0.15, -0.1) is 0 Å². The van der Waals surface area contributed by atoms with E-state index in [0.717, 1.165) is 5.56 Å². The third kappa shape index (κ3) is 4.57. The van der Waals surface area contributed by atoms with E-state index in [2.05, 4.69) is 11.4 Å². The number of nitrogens with zero attached hydrogens (tertiary/aromatic N) is 2. The summed E-state index contributed by atoms with van der Waals surface area (Å²) < 4.78 is 0. The van der Waals surface area contributed by atoms with E-state index >= 15 is 0 Å². The van der Waals surface area contributed by atoms with Gasteiger partial charge in [-0.1, -0.05) is 44.2 Å². The maximum atomic E-state index is 12.3. The van der Waals surface area contributed by atoms with Crippen molar-refractivity contribution in [1.29, 1.82) is 5.26 Å². The summed E-state index contributed by atoms with van der Waals surface area (Å²) in [6.45, 7) is 8.18. The number of carbonyl (C=O) groups excluding carboxylic acids is 1. The van der Waals surface area contributed by atoms with Crippen LogP contribution < -0.4 is 5.32 Å². The lowest BCUT2D eigenvalue weighted by Gasteiger charge is -2.31. The molecule has 0 saturated heterocycles. The lowest BCUT2D eigenvalue weighted by molar-refractivity contribution is -0.127. The fraction of sp³-hybridized carbons (Fsp3) is 0.529. The Labute approximate surface area is 127 Å². The number of likely N-dealkylation sites (N-methyl/N-ethyl adjacent to an activating group) is 1. The van der Waals surface area contributed by atoms with Crippen LogP contribution in [-0.4, -0.2) is 29.4 Å². The second-order valence-corrected chi connectivity index (χ2v) is 6.03. The molecule has 1 N–H and O–H groups in total. The lowest BCUT2D eigenvalue weighted by Crippen LogP contribution is -2.54. The Bertz CT molecular complexity index is 507. The Morgan fingerprint density at radius 3 is 2.38 bits per heavy atom.